The highest BCUT2D eigenvalue weighted by atomic mass is 16.4. The van der Waals surface area contributed by atoms with Crippen molar-refractivity contribution < 1.29 is 15.0 Å². The number of hydrogen-bond acceptors (Lipinski definition) is 4. The molecule has 0 aliphatic rings. The Labute approximate surface area is 84.4 Å². The number of nitrogens with zero attached hydrogens (tertiary/aromatic N) is 3. The van der Waals surface area contributed by atoms with E-state index in [1.54, 1.807) is 18.2 Å². The van der Waals surface area contributed by atoms with Crippen LogP contribution in [0.5, 0.6) is 5.88 Å². The van der Waals surface area contributed by atoms with Crippen LogP contribution in [-0.2, 0) is 0 Å². The fourth-order valence-corrected chi connectivity index (χ4v) is 1.12. The van der Waals surface area contributed by atoms with Gasteiger partial charge in [-0.1, -0.05) is 6.07 Å². The van der Waals surface area contributed by atoms with Gasteiger partial charge in [0.25, 0.3) is 0 Å². The first-order valence-corrected chi connectivity index (χ1v) is 4.12. The van der Waals surface area contributed by atoms with Gasteiger partial charge in [-0.3, -0.25) is 0 Å². The second-order valence-electron chi connectivity index (χ2n) is 2.79. The molecular formula is C9H7N3O3. The molecule has 6 heteroatoms. The predicted octanol–water partition coefficient (Wildman–Crippen LogP) is 0.671. The van der Waals surface area contributed by atoms with Gasteiger partial charge in [-0.25, -0.2) is 9.78 Å². The predicted molar refractivity (Wildman–Crippen MR) is 50.0 cm³/mol. The Kier molecular flexibility index (Phi) is 2.09. The van der Waals surface area contributed by atoms with Crippen molar-refractivity contribution >= 4 is 5.97 Å². The van der Waals surface area contributed by atoms with Crippen molar-refractivity contribution in [3.63, 3.8) is 0 Å². The maximum absolute atomic E-state index is 10.6. The van der Waals surface area contributed by atoms with Gasteiger partial charge in [-0.2, -0.15) is 9.78 Å². The molecule has 0 bridgehead atoms. The standard InChI is InChI=1S/C9H7N3O3/c13-8-5-6(9(14)15)11-12(8)7-3-1-2-4-10-7/h1-5,13H,(H,14,15). The lowest BCUT2D eigenvalue weighted by Gasteiger charge is -1.99. The van der Waals surface area contributed by atoms with Gasteiger partial charge in [0.15, 0.2) is 11.5 Å². The van der Waals surface area contributed by atoms with Gasteiger partial charge in [0.05, 0.1) is 0 Å². The largest absolute Gasteiger partial charge is 0.493 e. The Hall–Kier alpha value is -2.37. The molecule has 0 radical (unpaired) electrons. The molecule has 0 spiro atoms. The van der Waals surface area contributed by atoms with Crippen LogP contribution in [-0.4, -0.2) is 30.9 Å². The number of carboxylic acids is 1. The van der Waals surface area contributed by atoms with Crippen LogP contribution < -0.4 is 0 Å². The van der Waals surface area contributed by atoms with E-state index in [-0.39, 0.29) is 11.6 Å². The Morgan fingerprint density at radius 3 is 2.73 bits per heavy atom. The van der Waals surface area contributed by atoms with Gasteiger partial charge < -0.3 is 10.2 Å². The number of carbonyl (C=O) groups is 1. The zero-order valence-corrected chi connectivity index (χ0v) is 7.53. The van der Waals surface area contributed by atoms with Gasteiger partial charge in [-0.15, -0.1) is 0 Å². The normalized spacial score (nSPS) is 10.1. The summed E-state index contributed by atoms with van der Waals surface area (Å²) >= 11 is 0. The Bertz CT molecular complexity index is 493. The van der Waals surface area contributed by atoms with Gasteiger partial charge in [0.1, 0.15) is 0 Å². The van der Waals surface area contributed by atoms with Crippen LogP contribution in [0.15, 0.2) is 30.5 Å². The lowest BCUT2D eigenvalue weighted by atomic mass is 10.4. The molecule has 0 aliphatic carbocycles. The molecule has 0 aliphatic heterocycles. The first-order chi connectivity index (χ1) is 7.18. The van der Waals surface area contributed by atoms with E-state index in [4.69, 9.17) is 5.11 Å². The molecule has 2 aromatic heterocycles. The molecule has 0 saturated heterocycles. The SMILES string of the molecule is O=C(O)c1cc(O)n(-c2ccccn2)n1. The van der Waals surface area contributed by atoms with E-state index in [9.17, 15) is 9.90 Å². The maximum Gasteiger partial charge on any atom is 0.356 e. The van der Waals surface area contributed by atoms with Crippen molar-refractivity contribution in [3.8, 4) is 11.7 Å². The molecule has 15 heavy (non-hydrogen) atoms. The first-order valence-electron chi connectivity index (χ1n) is 4.12. The molecule has 2 rings (SSSR count). The van der Waals surface area contributed by atoms with Gasteiger partial charge in [0.2, 0.25) is 5.88 Å². The molecule has 2 heterocycles. The minimum atomic E-state index is -1.19. The van der Waals surface area contributed by atoms with Crippen LogP contribution in [0.1, 0.15) is 10.5 Å². The molecule has 0 saturated carbocycles. The second kappa shape index (κ2) is 3.41. The minimum Gasteiger partial charge on any atom is -0.493 e. The summed E-state index contributed by atoms with van der Waals surface area (Å²) in [6.45, 7) is 0. The fraction of sp³-hybridized carbons (Fsp3) is 0. The zero-order valence-electron chi connectivity index (χ0n) is 7.53. The van der Waals surface area contributed by atoms with Crippen LogP contribution in [0.3, 0.4) is 0 Å². The second-order valence-corrected chi connectivity index (χ2v) is 2.79. The van der Waals surface area contributed by atoms with E-state index in [0.29, 0.717) is 5.82 Å². The summed E-state index contributed by atoms with van der Waals surface area (Å²) in [5, 5.41) is 21.8. The average Bonchev–Trinajstić information content (AvgIpc) is 2.62. The molecular weight excluding hydrogens is 198 g/mol. The summed E-state index contributed by atoms with van der Waals surface area (Å²) in [4.78, 5) is 14.5. The summed E-state index contributed by atoms with van der Waals surface area (Å²) in [6, 6.07) is 6.10. The number of pyridine rings is 1. The van der Waals surface area contributed by atoms with Crippen molar-refractivity contribution in [2.24, 2.45) is 0 Å². The van der Waals surface area contributed by atoms with Crippen molar-refractivity contribution in [2.75, 3.05) is 0 Å². The molecule has 0 unspecified atom stereocenters. The summed E-state index contributed by atoms with van der Waals surface area (Å²) in [7, 11) is 0. The summed E-state index contributed by atoms with van der Waals surface area (Å²) in [5.74, 6) is -1.09. The first kappa shape index (κ1) is 9.20. The fourth-order valence-electron chi connectivity index (χ4n) is 1.12. The summed E-state index contributed by atoms with van der Waals surface area (Å²) in [6.07, 6.45) is 1.52. The van der Waals surface area contributed by atoms with E-state index in [1.807, 2.05) is 0 Å². The number of rotatable bonds is 2. The van der Waals surface area contributed by atoms with Crippen molar-refractivity contribution in [3.05, 3.63) is 36.2 Å². The zero-order chi connectivity index (χ0) is 10.8. The van der Waals surface area contributed by atoms with E-state index in [1.165, 1.54) is 6.20 Å². The molecule has 6 nitrogen and oxygen atoms in total. The third-order valence-electron chi connectivity index (χ3n) is 1.78. The van der Waals surface area contributed by atoms with Crippen LogP contribution in [0, 0.1) is 0 Å². The van der Waals surface area contributed by atoms with E-state index in [2.05, 4.69) is 10.1 Å². The van der Waals surface area contributed by atoms with Crippen molar-refractivity contribution in [2.45, 2.75) is 0 Å². The highest BCUT2D eigenvalue weighted by Crippen LogP contribution is 2.15. The topological polar surface area (TPSA) is 88.2 Å². The third-order valence-corrected chi connectivity index (χ3v) is 1.78. The molecule has 0 aromatic carbocycles. The highest BCUT2D eigenvalue weighted by Gasteiger charge is 2.13. The third kappa shape index (κ3) is 1.64. The van der Waals surface area contributed by atoms with Crippen LogP contribution >= 0.6 is 0 Å². The van der Waals surface area contributed by atoms with Gasteiger partial charge >= 0.3 is 5.97 Å². The quantitative estimate of drug-likeness (QED) is 0.752. The molecule has 2 aromatic rings. The van der Waals surface area contributed by atoms with Crippen LogP contribution in [0.4, 0.5) is 0 Å². The number of hydrogen-bond donors (Lipinski definition) is 2. The average molecular weight is 205 g/mol. The minimum absolute atomic E-state index is 0.224. The lowest BCUT2D eigenvalue weighted by Crippen LogP contribution is -2.02. The van der Waals surface area contributed by atoms with Crippen LogP contribution in [0.2, 0.25) is 0 Å². The number of aromatic nitrogens is 3. The summed E-state index contributed by atoms with van der Waals surface area (Å²) < 4.78 is 1.06. The van der Waals surface area contributed by atoms with Gasteiger partial charge in [-0.05, 0) is 12.1 Å². The molecule has 2 N–H and O–H groups in total. The smallest absolute Gasteiger partial charge is 0.356 e. The lowest BCUT2D eigenvalue weighted by molar-refractivity contribution is 0.0690. The van der Waals surface area contributed by atoms with Crippen molar-refractivity contribution in [1.29, 1.82) is 0 Å². The van der Waals surface area contributed by atoms with Crippen LogP contribution in [0.25, 0.3) is 5.82 Å². The Morgan fingerprint density at radius 1 is 1.40 bits per heavy atom. The highest BCUT2D eigenvalue weighted by molar-refractivity contribution is 5.85. The van der Waals surface area contributed by atoms with Gasteiger partial charge in [0, 0.05) is 12.3 Å². The molecule has 0 atom stereocenters. The maximum atomic E-state index is 10.6. The monoisotopic (exact) mass is 205 g/mol. The number of aromatic carboxylic acids is 1. The molecule has 0 fully saturated rings. The summed E-state index contributed by atoms with van der Waals surface area (Å²) in [5.41, 5.74) is -0.224. The van der Waals surface area contributed by atoms with E-state index in [0.717, 1.165) is 10.7 Å². The van der Waals surface area contributed by atoms with E-state index < -0.39 is 5.97 Å². The Morgan fingerprint density at radius 2 is 2.20 bits per heavy atom. The molecule has 76 valence electrons. The van der Waals surface area contributed by atoms with E-state index >= 15 is 0 Å². The van der Waals surface area contributed by atoms with Crippen molar-refractivity contribution in [1.82, 2.24) is 14.8 Å². The number of aromatic hydroxyl groups is 1. The number of carboxylic acid groups (broad SMARTS) is 1. The Balaban J connectivity index is 2.50. The molecule has 0 amide bonds.